The number of hydrogen-bond donors (Lipinski definition) is 2. The Labute approximate surface area is 121 Å². The molecule has 1 aromatic carbocycles. The molecule has 20 heavy (non-hydrogen) atoms. The first-order valence-electron chi connectivity index (χ1n) is 7.21. The van der Waals surface area contributed by atoms with Crippen LogP contribution in [0.2, 0.25) is 0 Å². The van der Waals surface area contributed by atoms with Crippen LogP contribution in [0.25, 0.3) is 0 Å². The van der Waals surface area contributed by atoms with E-state index in [0.717, 1.165) is 11.3 Å². The number of carbonyl (C=O) groups excluding carboxylic acids is 1. The monoisotopic (exact) mass is 272 g/mol. The molecule has 1 fully saturated rings. The fourth-order valence-electron chi connectivity index (χ4n) is 2.24. The van der Waals surface area contributed by atoms with E-state index in [1.54, 1.807) is 0 Å². The molecule has 108 valence electrons. The number of amides is 2. The van der Waals surface area contributed by atoms with Gasteiger partial charge in [0.2, 0.25) is 0 Å². The first-order valence-corrected chi connectivity index (χ1v) is 7.21. The van der Waals surface area contributed by atoms with Gasteiger partial charge in [0.05, 0.1) is 0 Å². The number of hydrogen-bond acceptors (Lipinski definition) is 1. The standard InChI is InChI=1S/C17H24N2O/c1-12(13-9-10-13)11-18-16(20)19-15-8-6-5-7-14(15)17(2,3)4/h5-8,11,13H,9-10H2,1-4H3,(H2,18,19,20)/b12-11+. The second kappa shape index (κ2) is 5.70. The van der Waals surface area contributed by atoms with E-state index in [1.807, 2.05) is 24.4 Å². The summed E-state index contributed by atoms with van der Waals surface area (Å²) in [4.78, 5) is 12.0. The number of para-hydroxylation sites is 1. The van der Waals surface area contributed by atoms with Gasteiger partial charge in [-0.05, 0) is 42.7 Å². The van der Waals surface area contributed by atoms with Crippen molar-refractivity contribution in [1.82, 2.24) is 5.32 Å². The Kier molecular flexibility index (Phi) is 4.17. The zero-order valence-electron chi connectivity index (χ0n) is 12.8. The maximum Gasteiger partial charge on any atom is 0.323 e. The number of allylic oxidation sites excluding steroid dienone is 1. The maximum atomic E-state index is 12.0. The lowest BCUT2D eigenvalue weighted by Crippen LogP contribution is -2.26. The molecule has 3 nitrogen and oxygen atoms in total. The molecule has 1 saturated carbocycles. The third-order valence-electron chi connectivity index (χ3n) is 3.64. The van der Waals surface area contributed by atoms with Gasteiger partial charge in [0.1, 0.15) is 0 Å². The van der Waals surface area contributed by atoms with Crippen molar-refractivity contribution < 1.29 is 4.79 Å². The molecular formula is C17H24N2O. The van der Waals surface area contributed by atoms with Crippen molar-refractivity contribution in [1.29, 1.82) is 0 Å². The van der Waals surface area contributed by atoms with Gasteiger partial charge >= 0.3 is 6.03 Å². The molecule has 2 amide bonds. The number of anilines is 1. The van der Waals surface area contributed by atoms with Gasteiger partial charge in [0, 0.05) is 11.9 Å². The molecule has 0 bridgehead atoms. The van der Waals surface area contributed by atoms with Crippen LogP contribution >= 0.6 is 0 Å². The first-order chi connectivity index (χ1) is 9.38. The van der Waals surface area contributed by atoms with Crippen molar-refractivity contribution in [2.75, 3.05) is 5.32 Å². The second-order valence-electron chi connectivity index (χ2n) is 6.56. The summed E-state index contributed by atoms with van der Waals surface area (Å²) in [5.74, 6) is 0.678. The third kappa shape index (κ3) is 3.86. The van der Waals surface area contributed by atoms with Crippen molar-refractivity contribution in [3.05, 3.63) is 41.6 Å². The Hall–Kier alpha value is -1.77. The largest absolute Gasteiger partial charge is 0.323 e. The Morgan fingerprint density at radius 1 is 1.25 bits per heavy atom. The van der Waals surface area contributed by atoms with Crippen LogP contribution in [0.4, 0.5) is 10.5 Å². The number of rotatable bonds is 3. The van der Waals surface area contributed by atoms with Crippen LogP contribution in [0.3, 0.4) is 0 Å². The SMILES string of the molecule is C/C(=C\NC(=O)Nc1ccccc1C(C)(C)C)C1CC1. The first kappa shape index (κ1) is 14.6. The van der Waals surface area contributed by atoms with E-state index in [2.05, 4.69) is 44.4 Å². The Morgan fingerprint density at radius 3 is 2.50 bits per heavy atom. The minimum atomic E-state index is -0.179. The molecule has 2 rings (SSSR count). The van der Waals surface area contributed by atoms with E-state index in [-0.39, 0.29) is 11.4 Å². The van der Waals surface area contributed by atoms with Crippen LogP contribution in [0.5, 0.6) is 0 Å². The average Bonchev–Trinajstić information content (AvgIpc) is 3.19. The molecule has 1 aliphatic rings. The third-order valence-corrected chi connectivity index (χ3v) is 3.64. The highest BCUT2D eigenvalue weighted by atomic mass is 16.2. The summed E-state index contributed by atoms with van der Waals surface area (Å²) in [6.07, 6.45) is 4.32. The van der Waals surface area contributed by atoms with Crippen molar-refractivity contribution in [3.8, 4) is 0 Å². The van der Waals surface area contributed by atoms with Crippen LogP contribution in [0, 0.1) is 5.92 Å². The van der Waals surface area contributed by atoms with E-state index in [0.29, 0.717) is 5.92 Å². The normalized spacial score (nSPS) is 15.9. The summed E-state index contributed by atoms with van der Waals surface area (Å²) >= 11 is 0. The Bertz CT molecular complexity index is 522. The lowest BCUT2D eigenvalue weighted by atomic mass is 9.86. The highest BCUT2D eigenvalue weighted by Crippen LogP contribution is 2.35. The molecular weight excluding hydrogens is 248 g/mol. The number of nitrogens with one attached hydrogen (secondary N) is 2. The molecule has 0 aliphatic heterocycles. The lowest BCUT2D eigenvalue weighted by molar-refractivity contribution is 0.255. The van der Waals surface area contributed by atoms with Gasteiger partial charge in [-0.3, -0.25) is 0 Å². The van der Waals surface area contributed by atoms with E-state index >= 15 is 0 Å². The molecule has 0 radical (unpaired) electrons. The molecule has 1 aromatic rings. The summed E-state index contributed by atoms with van der Waals surface area (Å²) in [5, 5.41) is 5.76. The Balaban J connectivity index is 2.02. The van der Waals surface area contributed by atoms with E-state index in [1.165, 1.54) is 18.4 Å². The van der Waals surface area contributed by atoms with Gasteiger partial charge in [-0.2, -0.15) is 0 Å². The molecule has 0 atom stereocenters. The van der Waals surface area contributed by atoms with Gasteiger partial charge in [-0.25, -0.2) is 4.79 Å². The predicted molar refractivity (Wildman–Crippen MR) is 83.8 cm³/mol. The average molecular weight is 272 g/mol. The molecule has 3 heteroatoms. The van der Waals surface area contributed by atoms with Crippen molar-refractivity contribution in [2.24, 2.45) is 5.92 Å². The minimum Gasteiger partial charge on any atom is -0.314 e. The van der Waals surface area contributed by atoms with Crippen LogP contribution in [0.1, 0.15) is 46.1 Å². The maximum absolute atomic E-state index is 12.0. The summed E-state index contributed by atoms with van der Waals surface area (Å²) in [7, 11) is 0. The molecule has 0 unspecified atom stereocenters. The zero-order valence-corrected chi connectivity index (χ0v) is 12.8. The van der Waals surface area contributed by atoms with Crippen LogP contribution in [-0.4, -0.2) is 6.03 Å². The fourth-order valence-corrected chi connectivity index (χ4v) is 2.24. The Morgan fingerprint density at radius 2 is 1.90 bits per heavy atom. The summed E-state index contributed by atoms with van der Waals surface area (Å²) in [6, 6.07) is 7.76. The topological polar surface area (TPSA) is 41.1 Å². The molecule has 0 heterocycles. The molecule has 1 aliphatic carbocycles. The quantitative estimate of drug-likeness (QED) is 0.840. The van der Waals surface area contributed by atoms with Crippen molar-refractivity contribution in [3.63, 3.8) is 0 Å². The van der Waals surface area contributed by atoms with Crippen molar-refractivity contribution >= 4 is 11.7 Å². The minimum absolute atomic E-state index is 0.00361. The van der Waals surface area contributed by atoms with Gasteiger partial charge in [-0.1, -0.05) is 44.5 Å². The molecule has 2 N–H and O–H groups in total. The molecule has 0 aromatic heterocycles. The summed E-state index contributed by atoms with van der Waals surface area (Å²) < 4.78 is 0. The van der Waals surface area contributed by atoms with Crippen LogP contribution in [0.15, 0.2) is 36.0 Å². The fraction of sp³-hybridized carbons (Fsp3) is 0.471. The highest BCUT2D eigenvalue weighted by Gasteiger charge is 2.23. The van der Waals surface area contributed by atoms with E-state index in [4.69, 9.17) is 0 Å². The smallest absolute Gasteiger partial charge is 0.314 e. The zero-order chi connectivity index (χ0) is 14.8. The van der Waals surface area contributed by atoms with E-state index < -0.39 is 0 Å². The van der Waals surface area contributed by atoms with Crippen molar-refractivity contribution in [2.45, 2.75) is 46.0 Å². The van der Waals surface area contributed by atoms with Crippen LogP contribution < -0.4 is 10.6 Å². The molecule has 0 saturated heterocycles. The summed E-state index contributed by atoms with van der Waals surface area (Å²) in [6.45, 7) is 8.49. The lowest BCUT2D eigenvalue weighted by Gasteiger charge is -2.22. The summed E-state index contributed by atoms with van der Waals surface area (Å²) in [5.41, 5.74) is 3.26. The highest BCUT2D eigenvalue weighted by molar-refractivity contribution is 5.91. The van der Waals surface area contributed by atoms with Gasteiger partial charge in [-0.15, -0.1) is 0 Å². The number of carbonyl (C=O) groups is 1. The number of benzene rings is 1. The second-order valence-corrected chi connectivity index (χ2v) is 6.56. The predicted octanol–water partition coefficient (Wildman–Crippen LogP) is 4.42. The molecule has 0 spiro atoms. The van der Waals surface area contributed by atoms with Gasteiger partial charge < -0.3 is 10.6 Å². The van der Waals surface area contributed by atoms with Gasteiger partial charge in [0.15, 0.2) is 0 Å². The van der Waals surface area contributed by atoms with E-state index in [9.17, 15) is 4.79 Å². The van der Waals surface area contributed by atoms with Gasteiger partial charge in [0.25, 0.3) is 0 Å². The number of urea groups is 1. The van der Waals surface area contributed by atoms with Crippen LogP contribution in [-0.2, 0) is 5.41 Å².